The molecule has 2 aromatic carbocycles. The predicted molar refractivity (Wildman–Crippen MR) is 106 cm³/mol. The fraction of sp³-hybridized carbons (Fsp3) is 0.409. The Labute approximate surface area is 165 Å². The van der Waals surface area contributed by atoms with Crippen molar-refractivity contribution >= 4 is 5.91 Å². The lowest BCUT2D eigenvalue weighted by Crippen LogP contribution is -2.60. The number of likely N-dealkylation sites (tertiary alicyclic amines) is 1. The lowest BCUT2D eigenvalue weighted by molar-refractivity contribution is -0.0304. The summed E-state index contributed by atoms with van der Waals surface area (Å²) >= 11 is 0. The van der Waals surface area contributed by atoms with Crippen LogP contribution in [0.2, 0.25) is 0 Å². The molecule has 2 aromatic rings. The van der Waals surface area contributed by atoms with Gasteiger partial charge in [0, 0.05) is 32.5 Å². The highest BCUT2D eigenvalue weighted by Gasteiger charge is 2.42. The number of amides is 1. The Kier molecular flexibility index (Phi) is 5.13. The molecule has 6 heteroatoms. The maximum Gasteiger partial charge on any atom is 0.258 e. The third-order valence-electron chi connectivity index (χ3n) is 5.38. The second-order valence-corrected chi connectivity index (χ2v) is 7.24. The molecule has 148 valence electrons. The highest BCUT2D eigenvalue weighted by atomic mass is 16.5. The number of carbonyl (C=O) groups is 1. The molecule has 1 N–H and O–H groups in total. The minimum Gasteiger partial charge on any atom is -0.493 e. The third kappa shape index (κ3) is 3.64. The second kappa shape index (κ2) is 7.72. The number of nitrogens with zero attached hydrogens (tertiary/aromatic N) is 1. The van der Waals surface area contributed by atoms with E-state index < -0.39 is 5.72 Å². The summed E-state index contributed by atoms with van der Waals surface area (Å²) in [7, 11) is 1.65. The highest BCUT2D eigenvalue weighted by molar-refractivity contribution is 5.98. The van der Waals surface area contributed by atoms with E-state index in [1.165, 1.54) is 5.56 Å². The molecule has 2 heterocycles. The molecule has 28 heavy (non-hydrogen) atoms. The number of piperidine rings is 1. The van der Waals surface area contributed by atoms with Gasteiger partial charge in [-0.1, -0.05) is 18.2 Å². The SMILES string of the molecule is CCOc1cc(CN2CCC3(CC2)NC(=O)c2ccccc2O3)ccc1OC. The van der Waals surface area contributed by atoms with Crippen LogP contribution >= 0.6 is 0 Å². The molecule has 2 aliphatic heterocycles. The number of methoxy groups -OCH3 is 1. The van der Waals surface area contributed by atoms with Crippen LogP contribution in [0.4, 0.5) is 0 Å². The molecule has 0 atom stereocenters. The minimum atomic E-state index is -0.599. The van der Waals surface area contributed by atoms with Gasteiger partial charge in [-0.25, -0.2) is 0 Å². The van der Waals surface area contributed by atoms with Crippen molar-refractivity contribution in [1.29, 1.82) is 0 Å². The summed E-state index contributed by atoms with van der Waals surface area (Å²) < 4.78 is 17.3. The maximum absolute atomic E-state index is 12.5. The van der Waals surface area contributed by atoms with E-state index in [-0.39, 0.29) is 5.91 Å². The van der Waals surface area contributed by atoms with E-state index in [1.807, 2.05) is 37.3 Å². The van der Waals surface area contributed by atoms with E-state index in [9.17, 15) is 4.79 Å². The zero-order chi connectivity index (χ0) is 19.6. The molecule has 0 radical (unpaired) electrons. The molecule has 1 fully saturated rings. The molecule has 2 aliphatic rings. The summed E-state index contributed by atoms with van der Waals surface area (Å²) in [6.07, 6.45) is 1.50. The van der Waals surface area contributed by atoms with E-state index in [0.717, 1.165) is 44.0 Å². The van der Waals surface area contributed by atoms with Crippen LogP contribution in [0.3, 0.4) is 0 Å². The van der Waals surface area contributed by atoms with Gasteiger partial charge < -0.3 is 19.5 Å². The van der Waals surface area contributed by atoms with Crippen molar-refractivity contribution in [1.82, 2.24) is 10.2 Å². The van der Waals surface area contributed by atoms with Crippen LogP contribution in [0.1, 0.15) is 35.7 Å². The van der Waals surface area contributed by atoms with Crippen molar-refractivity contribution in [3.05, 3.63) is 53.6 Å². The summed E-state index contributed by atoms with van der Waals surface area (Å²) in [6.45, 7) is 5.08. The van der Waals surface area contributed by atoms with Gasteiger partial charge in [-0.3, -0.25) is 9.69 Å². The molecule has 1 amide bonds. The van der Waals surface area contributed by atoms with Gasteiger partial charge in [-0.05, 0) is 36.8 Å². The van der Waals surface area contributed by atoms with E-state index in [4.69, 9.17) is 14.2 Å². The summed E-state index contributed by atoms with van der Waals surface area (Å²) in [5, 5.41) is 3.09. The first kappa shape index (κ1) is 18.6. The molecule has 4 rings (SSSR count). The van der Waals surface area contributed by atoms with Crippen LogP contribution in [0.5, 0.6) is 17.2 Å². The van der Waals surface area contributed by atoms with Crippen molar-refractivity contribution in [3.63, 3.8) is 0 Å². The van der Waals surface area contributed by atoms with Crippen LogP contribution in [-0.2, 0) is 6.54 Å². The van der Waals surface area contributed by atoms with Gasteiger partial charge in [-0.2, -0.15) is 0 Å². The molecule has 0 bridgehead atoms. The lowest BCUT2D eigenvalue weighted by Gasteiger charge is -2.44. The van der Waals surface area contributed by atoms with Crippen LogP contribution < -0.4 is 19.5 Å². The maximum atomic E-state index is 12.5. The number of carbonyl (C=O) groups excluding carboxylic acids is 1. The Balaban J connectivity index is 1.41. The van der Waals surface area contributed by atoms with E-state index >= 15 is 0 Å². The Bertz CT molecular complexity index is 859. The molecule has 1 saturated heterocycles. The average Bonchev–Trinajstić information content (AvgIpc) is 2.70. The summed E-state index contributed by atoms with van der Waals surface area (Å²) in [4.78, 5) is 14.8. The number of ether oxygens (including phenoxy) is 3. The van der Waals surface area contributed by atoms with E-state index in [2.05, 4.69) is 16.3 Å². The van der Waals surface area contributed by atoms with Gasteiger partial charge in [0.1, 0.15) is 5.75 Å². The number of hydrogen-bond donors (Lipinski definition) is 1. The third-order valence-corrected chi connectivity index (χ3v) is 5.38. The van der Waals surface area contributed by atoms with Gasteiger partial charge in [-0.15, -0.1) is 0 Å². The minimum absolute atomic E-state index is 0.0492. The molecule has 0 saturated carbocycles. The highest BCUT2D eigenvalue weighted by Crippen LogP contribution is 2.34. The Morgan fingerprint density at radius 2 is 1.93 bits per heavy atom. The standard InChI is InChI=1S/C22H26N2O4/c1-3-27-20-14-16(8-9-19(20)26-2)15-24-12-10-22(11-13-24)23-21(25)17-6-4-5-7-18(17)28-22/h4-9,14H,3,10-13,15H2,1-2H3,(H,23,25). The topological polar surface area (TPSA) is 60.0 Å². The van der Waals surface area contributed by atoms with Crippen molar-refractivity contribution < 1.29 is 19.0 Å². The van der Waals surface area contributed by atoms with Crippen molar-refractivity contribution in [2.24, 2.45) is 0 Å². The Hall–Kier alpha value is -2.73. The van der Waals surface area contributed by atoms with Crippen LogP contribution in [0, 0.1) is 0 Å². The van der Waals surface area contributed by atoms with E-state index in [0.29, 0.717) is 17.9 Å². The quantitative estimate of drug-likeness (QED) is 0.861. The van der Waals surface area contributed by atoms with Crippen LogP contribution in [0.15, 0.2) is 42.5 Å². The number of hydrogen-bond acceptors (Lipinski definition) is 5. The lowest BCUT2D eigenvalue weighted by atomic mass is 9.96. The Morgan fingerprint density at radius 1 is 1.14 bits per heavy atom. The average molecular weight is 382 g/mol. The molecule has 0 unspecified atom stereocenters. The molecular formula is C22H26N2O4. The molecular weight excluding hydrogens is 356 g/mol. The summed E-state index contributed by atoms with van der Waals surface area (Å²) in [6, 6.07) is 13.5. The van der Waals surface area contributed by atoms with Crippen LogP contribution in [0.25, 0.3) is 0 Å². The fourth-order valence-electron chi connectivity index (χ4n) is 3.90. The number of para-hydroxylation sites is 1. The van der Waals surface area contributed by atoms with Crippen molar-refractivity contribution in [3.8, 4) is 17.2 Å². The number of rotatable bonds is 5. The van der Waals surface area contributed by atoms with Gasteiger partial charge in [0.2, 0.25) is 0 Å². The monoisotopic (exact) mass is 382 g/mol. The van der Waals surface area contributed by atoms with Gasteiger partial charge in [0.25, 0.3) is 5.91 Å². The predicted octanol–water partition coefficient (Wildman–Crippen LogP) is 3.21. The van der Waals surface area contributed by atoms with Crippen molar-refractivity contribution in [2.45, 2.75) is 32.0 Å². The first-order chi connectivity index (χ1) is 13.6. The fourth-order valence-corrected chi connectivity index (χ4v) is 3.90. The number of benzene rings is 2. The molecule has 0 aliphatic carbocycles. The first-order valence-corrected chi connectivity index (χ1v) is 9.75. The zero-order valence-corrected chi connectivity index (χ0v) is 16.4. The molecule has 6 nitrogen and oxygen atoms in total. The Morgan fingerprint density at radius 3 is 2.68 bits per heavy atom. The summed E-state index contributed by atoms with van der Waals surface area (Å²) in [5.74, 6) is 2.15. The largest absolute Gasteiger partial charge is 0.493 e. The first-order valence-electron chi connectivity index (χ1n) is 9.75. The van der Waals surface area contributed by atoms with Gasteiger partial charge in [0.05, 0.1) is 19.3 Å². The second-order valence-electron chi connectivity index (χ2n) is 7.24. The molecule has 0 aromatic heterocycles. The van der Waals surface area contributed by atoms with Crippen LogP contribution in [-0.4, -0.2) is 43.3 Å². The number of nitrogens with one attached hydrogen (secondary N) is 1. The normalized spacial score (nSPS) is 18.1. The van der Waals surface area contributed by atoms with E-state index in [1.54, 1.807) is 13.2 Å². The van der Waals surface area contributed by atoms with Crippen molar-refractivity contribution in [2.75, 3.05) is 26.8 Å². The van der Waals surface area contributed by atoms with Gasteiger partial charge in [0.15, 0.2) is 17.2 Å². The zero-order valence-electron chi connectivity index (χ0n) is 16.4. The number of fused-ring (bicyclic) bond motifs is 1. The smallest absolute Gasteiger partial charge is 0.258 e. The molecule has 1 spiro atoms. The van der Waals surface area contributed by atoms with Gasteiger partial charge >= 0.3 is 0 Å². The summed E-state index contributed by atoms with van der Waals surface area (Å²) in [5.41, 5.74) is 1.19.